The zero-order chi connectivity index (χ0) is 22.4. The lowest BCUT2D eigenvalue weighted by Crippen LogP contribution is -2.54. The van der Waals surface area contributed by atoms with Crippen LogP contribution in [0.4, 0.5) is 0 Å². The molecular formula is C23H26N4O4S. The van der Waals surface area contributed by atoms with Crippen LogP contribution in [0, 0.1) is 5.41 Å². The predicted octanol–water partition coefficient (Wildman–Crippen LogP) is 2.25. The molecule has 1 fully saturated rings. The van der Waals surface area contributed by atoms with Crippen molar-refractivity contribution in [3.8, 4) is 5.75 Å². The quantitative estimate of drug-likeness (QED) is 0.644. The minimum absolute atomic E-state index is 0.0880. The smallest absolute Gasteiger partial charge is 0.265 e. The number of hydrogen-bond acceptors (Lipinski definition) is 6. The predicted molar refractivity (Wildman–Crippen MR) is 121 cm³/mol. The Kier molecular flexibility index (Phi) is 6.84. The third-order valence-electron chi connectivity index (χ3n) is 5.83. The molecular weight excluding hydrogens is 428 g/mol. The molecule has 1 unspecified atom stereocenters. The average molecular weight is 455 g/mol. The van der Waals surface area contributed by atoms with E-state index in [-0.39, 0.29) is 24.3 Å². The van der Waals surface area contributed by atoms with E-state index in [1.54, 1.807) is 34.8 Å². The third-order valence-corrected chi connectivity index (χ3v) is 6.59. The molecule has 1 aromatic heterocycles. The van der Waals surface area contributed by atoms with Crippen LogP contribution in [0.15, 0.2) is 48.1 Å². The van der Waals surface area contributed by atoms with Crippen molar-refractivity contribution in [1.29, 1.82) is 0 Å². The van der Waals surface area contributed by atoms with Crippen molar-refractivity contribution in [3.63, 3.8) is 0 Å². The summed E-state index contributed by atoms with van der Waals surface area (Å²) >= 11 is 1.30. The molecule has 4 rings (SSSR count). The largest absolute Gasteiger partial charge is 0.489 e. The number of aromatic nitrogens is 1. The highest BCUT2D eigenvalue weighted by atomic mass is 32.1. The topological polar surface area (TPSA) is 101 Å². The van der Waals surface area contributed by atoms with E-state index in [4.69, 9.17) is 4.74 Å². The molecule has 0 saturated carbocycles. The Labute approximate surface area is 190 Å². The van der Waals surface area contributed by atoms with E-state index in [0.29, 0.717) is 55.2 Å². The van der Waals surface area contributed by atoms with E-state index in [1.165, 1.54) is 11.3 Å². The molecule has 168 valence electrons. The number of carbonyl (C=O) groups is 3. The molecule has 3 amide bonds. The number of fused-ring (bicyclic) bond motifs is 1. The molecule has 1 atom stereocenters. The molecule has 9 heteroatoms. The highest BCUT2D eigenvalue weighted by molar-refractivity contribution is 7.11. The van der Waals surface area contributed by atoms with Crippen LogP contribution in [0.1, 0.15) is 39.3 Å². The van der Waals surface area contributed by atoms with Gasteiger partial charge < -0.3 is 20.3 Å². The number of ether oxygens (including phenoxy) is 1. The molecule has 1 spiro atoms. The van der Waals surface area contributed by atoms with Gasteiger partial charge in [0.1, 0.15) is 17.2 Å². The minimum atomic E-state index is -0.721. The summed E-state index contributed by atoms with van der Waals surface area (Å²) in [6.45, 7) is 1.85. The Morgan fingerprint density at radius 2 is 2.00 bits per heavy atom. The summed E-state index contributed by atoms with van der Waals surface area (Å²) < 4.78 is 5.80. The second-order valence-corrected chi connectivity index (χ2v) is 8.86. The van der Waals surface area contributed by atoms with E-state index in [9.17, 15) is 14.4 Å². The first-order valence-corrected chi connectivity index (χ1v) is 11.6. The highest BCUT2D eigenvalue weighted by Crippen LogP contribution is 2.35. The average Bonchev–Trinajstić information content (AvgIpc) is 3.36. The van der Waals surface area contributed by atoms with Crippen LogP contribution >= 0.6 is 11.3 Å². The fraction of sp³-hybridized carbons (Fsp3) is 0.391. The van der Waals surface area contributed by atoms with Crippen LogP contribution in [0.2, 0.25) is 0 Å². The zero-order valence-corrected chi connectivity index (χ0v) is 18.5. The lowest BCUT2D eigenvalue weighted by molar-refractivity contribution is -0.133. The van der Waals surface area contributed by atoms with E-state index in [1.807, 2.05) is 18.2 Å². The number of piperidine rings is 1. The fourth-order valence-corrected chi connectivity index (χ4v) is 4.74. The first-order chi connectivity index (χ1) is 15.6. The summed E-state index contributed by atoms with van der Waals surface area (Å²) in [5, 5.41) is 5.80. The summed E-state index contributed by atoms with van der Waals surface area (Å²) in [5.74, 6) is 0.0839. The Bertz CT molecular complexity index is 1010. The maximum absolute atomic E-state index is 13.3. The molecule has 0 bridgehead atoms. The van der Waals surface area contributed by atoms with Gasteiger partial charge in [-0.25, -0.2) is 0 Å². The highest BCUT2D eigenvalue weighted by Gasteiger charge is 2.42. The molecule has 2 aliphatic heterocycles. The van der Waals surface area contributed by atoms with Gasteiger partial charge >= 0.3 is 0 Å². The summed E-state index contributed by atoms with van der Waals surface area (Å²) in [6, 6.07) is 7.09. The summed E-state index contributed by atoms with van der Waals surface area (Å²) in [5.41, 5.74) is 1.38. The fourth-order valence-electron chi connectivity index (χ4n) is 4.16. The number of hydrogen-bond donors (Lipinski definition) is 2. The van der Waals surface area contributed by atoms with Gasteiger partial charge in [-0.1, -0.05) is 24.3 Å². The Morgan fingerprint density at radius 3 is 2.84 bits per heavy atom. The Morgan fingerprint density at radius 1 is 1.16 bits per heavy atom. The number of allylic oxidation sites excluding steroid dienone is 1. The first-order valence-electron chi connectivity index (χ1n) is 10.7. The molecule has 2 aliphatic rings. The molecule has 2 aromatic rings. The van der Waals surface area contributed by atoms with Crippen LogP contribution in [0.3, 0.4) is 0 Å². The summed E-state index contributed by atoms with van der Waals surface area (Å²) in [7, 11) is 0. The van der Waals surface area contributed by atoms with Gasteiger partial charge in [-0.05, 0) is 31.4 Å². The SMILES string of the molecule is O=C1NCCNC(=O)C2(C/C=C/COc3ccccc31)CCCN(C(=O)c1cncs1)C2. The third kappa shape index (κ3) is 4.83. The van der Waals surface area contributed by atoms with E-state index in [2.05, 4.69) is 15.6 Å². The lowest BCUT2D eigenvalue weighted by atomic mass is 9.76. The van der Waals surface area contributed by atoms with Crippen molar-refractivity contribution >= 4 is 29.1 Å². The number of likely N-dealkylation sites (tertiary alicyclic amines) is 1. The van der Waals surface area contributed by atoms with Crippen LogP contribution < -0.4 is 15.4 Å². The van der Waals surface area contributed by atoms with Gasteiger partial charge in [-0.15, -0.1) is 11.3 Å². The second kappa shape index (κ2) is 9.95. The summed E-state index contributed by atoms with van der Waals surface area (Å²) in [4.78, 5) is 45.0. The summed E-state index contributed by atoms with van der Waals surface area (Å²) in [6.07, 6.45) is 7.30. The number of benzene rings is 1. The number of para-hydroxylation sites is 1. The van der Waals surface area contributed by atoms with Crippen LogP contribution in [0.25, 0.3) is 0 Å². The maximum atomic E-state index is 13.3. The van der Waals surface area contributed by atoms with Crippen molar-refractivity contribution in [2.24, 2.45) is 5.41 Å². The number of carbonyl (C=O) groups excluding carboxylic acids is 3. The van der Waals surface area contributed by atoms with Crippen LogP contribution in [-0.4, -0.2) is 60.4 Å². The van der Waals surface area contributed by atoms with Gasteiger partial charge in [-0.2, -0.15) is 0 Å². The van der Waals surface area contributed by atoms with E-state index < -0.39 is 5.41 Å². The van der Waals surface area contributed by atoms with Crippen molar-refractivity contribution < 1.29 is 19.1 Å². The van der Waals surface area contributed by atoms with E-state index in [0.717, 1.165) is 6.42 Å². The van der Waals surface area contributed by atoms with Gasteiger partial charge in [0.15, 0.2) is 0 Å². The van der Waals surface area contributed by atoms with Gasteiger partial charge in [0.25, 0.3) is 11.8 Å². The lowest BCUT2D eigenvalue weighted by Gasteiger charge is -2.41. The number of nitrogens with one attached hydrogen (secondary N) is 2. The molecule has 32 heavy (non-hydrogen) atoms. The second-order valence-electron chi connectivity index (χ2n) is 7.97. The molecule has 0 aliphatic carbocycles. The Hall–Kier alpha value is -3.20. The molecule has 0 radical (unpaired) electrons. The van der Waals surface area contributed by atoms with Gasteiger partial charge in [-0.3, -0.25) is 19.4 Å². The number of rotatable bonds is 1. The molecule has 3 heterocycles. The Balaban J connectivity index is 1.52. The molecule has 1 saturated heterocycles. The molecule has 8 nitrogen and oxygen atoms in total. The van der Waals surface area contributed by atoms with Crippen molar-refractivity contribution in [2.75, 3.05) is 32.8 Å². The van der Waals surface area contributed by atoms with Crippen LogP contribution in [0.5, 0.6) is 5.75 Å². The van der Waals surface area contributed by atoms with Crippen molar-refractivity contribution in [2.45, 2.75) is 19.3 Å². The first kappa shape index (κ1) is 22.0. The zero-order valence-electron chi connectivity index (χ0n) is 17.7. The maximum Gasteiger partial charge on any atom is 0.265 e. The van der Waals surface area contributed by atoms with Gasteiger partial charge in [0.05, 0.1) is 22.7 Å². The minimum Gasteiger partial charge on any atom is -0.489 e. The van der Waals surface area contributed by atoms with Gasteiger partial charge in [0.2, 0.25) is 5.91 Å². The normalized spacial score (nSPS) is 23.3. The van der Waals surface area contributed by atoms with E-state index >= 15 is 0 Å². The van der Waals surface area contributed by atoms with Crippen molar-refractivity contribution in [3.05, 3.63) is 58.6 Å². The van der Waals surface area contributed by atoms with Gasteiger partial charge in [0, 0.05) is 26.2 Å². The number of amides is 3. The molecule has 2 N–H and O–H groups in total. The van der Waals surface area contributed by atoms with Crippen LogP contribution in [-0.2, 0) is 4.79 Å². The monoisotopic (exact) mass is 454 g/mol. The number of thiazole rings is 1. The molecule has 1 aromatic carbocycles. The van der Waals surface area contributed by atoms with Crippen molar-refractivity contribution in [1.82, 2.24) is 20.5 Å². The number of nitrogens with zero attached hydrogens (tertiary/aromatic N) is 2. The standard InChI is InChI=1S/C23H26N4O4S/c28-20-17-6-1-2-7-18(17)31-13-4-3-8-23(22(30)26-11-10-25-20)9-5-12-27(15-23)21(29)19-14-24-16-32-19/h1-4,6-7,14,16H,5,8-13,15H2,(H,25,28)(H,26,30)/b4-3+.